The van der Waals surface area contributed by atoms with Crippen LogP contribution < -0.4 is 0 Å². The third kappa shape index (κ3) is 4.64. The van der Waals surface area contributed by atoms with Gasteiger partial charge in [-0.15, -0.1) is 0 Å². The molecule has 1 saturated heterocycles. The maximum absolute atomic E-state index is 10.5. The zero-order chi connectivity index (χ0) is 17.7. The molecule has 0 aliphatic carbocycles. The van der Waals surface area contributed by atoms with Crippen LogP contribution in [-0.4, -0.2) is 115 Å². The number of carbonyl (C=O) groups is 1. The maximum atomic E-state index is 10.5. The quantitative estimate of drug-likeness (QED) is 0.196. The Kier molecular flexibility index (Phi) is 7.89. The van der Waals surface area contributed by atoms with E-state index in [-0.39, 0.29) is 6.29 Å². The van der Waals surface area contributed by atoms with E-state index in [2.05, 4.69) is 0 Å². The van der Waals surface area contributed by atoms with Gasteiger partial charge in [0.2, 0.25) is 0 Å². The van der Waals surface area contributed by atoms with Gasteiger partial charge in [0.05, 0.1) is 13.2 Å². The van der Waals surface area contributed by atoms with Crippen molar-refractivity contribution in [3.05, 3.63) is 0 Å². The fourth-order valence-electron chi connectivity index (χ4n) is 2.11. The molecule has 0 aromatic rings. The smallest absolute Gasteiger partial charge is 0.187 e. The topological polar surface area (TPSA) is 197 Å². The van der Waals surface area contributed by atoms with Crippen molar-refractivity contribution in [1.29, 1.82) is 0 Å². The molecular weight excluding hydrogens is 320 g/mol. The monoisotopic (exact) mass is 342 g/mol. The lowest BCUT2D eigenvalue weighted by Crippen LogP contribution is -2.61. The number of rotatable bonds is 8. The number of aliphatic hydroxyl groups is 8. The van der Waals surface area contributed by atoms with E-state index in [0.717, 1.165) is 0 Å². The second-order valence-electron chi connectivity index (χ2n) is 5.17. The first-order valence-corrected chi connectivity index (χ1v) is 6.84. The van der Waals surface area contributed by atoms with Gasteiger partial charge in [-0.3, -0.25) is 0 Å². The molecule has 0 saturated carbocycles. The molecule has 1 fully saturated rings. The Morgan fingerprint density at radius 2 is 1.65 bits per heavy atom. The molecule has 1 heterocycles. The average Bonchev–Trinajstić information content (AvgIpc) is 2.57. The van der Waals surface area contributed by atoms with Crippen molar-refractivity contribution in [2.24, 2.45) is 0 Å². The summed E-state index contributed by atoms with van der Waals surface area (Å²) in [5.74, 6) is 0. The average molecular weight is 342 g/mol. The molecule has 1 aliphatic heterocycles. The van der Waals surface area contributed by atoms with Crippen LogP contribution in [0.4, 0.5) is 0 Å². The molecular formula is C12H22O11. The van der Waals surface area contributed by atoms with Gasteiger partial charge in [0.1, 0.15) is 48.8 Å². The largest absolute Gasteiger partial charge is 0.394 e. The van der Waals surface area contributed by atoms with E-state index in [1.807, 2.05) is 0 Å². The van der Waals surface area contributed by atoms with Crippen molar-refractivity contribution >= 4 is 6.29 Å². The molecule has 11 heteroatoms. The second-order valence-corrected chi connectivity index (χ2v) is 5.17. The van der Waals surface area contributed by atoms with Crippen molar-refractivity contribution in [1.82, 2.24) is 0 Å². The van der Waals surface area contributed by atoms with Crippen molar-refractivity contribution in [3.63, 3.8) is 0 Å². The summed E-state index contributed by atoms with van der Waals surface area (Å²) in [6, 6.07) is 0. The minimum absolute atomic E-state index is 0.0294. The van der Waals surface area contributed by atoms with Crippen molar-refractivity contribution in [3.8, 4) is 0 Å². The summed E-state index contributed by atoms with van der Waals surface area (Å²) in [6.07, 6.45) is -15.7. The standard InChI is InChI=1S/C12H22O11/c13-1-4(16)7(18)11(5(17)2-14)23-12-10(21)9(20)8(19)6(3-15)22-12/h1,4-12,14-21H,2-3H2/t4-,5-,6+,7-,8-,9+,10+,11+,12+/m1/s1. The van der Waals surface area contributed by atoms with Crippen LogP contribution in [0.2, 0.25) is 0 Å². The van der Waals surface area contributed by atoms with Gasteiger partial charge >= 0.3 is 0 Å². The third-order valence-electron chi connectivity index (χ3n) is 3.53. The van der Waals surface area contributed by atoms with Crippen LogP contribution in [0.15, 0.2) is 0 Å². The summed E-state index contributed by atoms with van der Waals surface area (Å²) in [5, 5.41) is 75.7. The zero-order valence-corrected chi connectivity index (χ0v) is 12.0. The van der Waals surface area contributed by atoms with Gasteiger partial charge < -0.3 is 55.1 Å². The number of carbonyl (C=O) groups excluding carboxylic acids is 1. The Balaban J connectivity index is 2.91. The highest BCUT2D eigenvalue weighted by Gasteiger charge is 2.46. The first-order chi connectivity index (χ1) is 10.8. The molecule has 9 atom stereocenters. The molecule has 0 aromatic carbocycles. The van der Waals surface area contributed by atoms with Gasteiger partial charge in [-0.2, -0.15) is 0 Å². The SMILES string of the molecule is O=C[C@@H](O)[C@@H](O)[C@@H](O[C@@H]1O[C@@H](CO)[C@@H](O)[C@H](O)[C@@H]1O)[C@H](O)CO. The molecule has 0 bridgehead atoms. The molecule has 0 unspecified atom stereocenters. The minimum Gasteiger partial charge on any atom is -0.394 e. The summed E-state index contributed by atoms with van der Waals surface area (Å²) in [6.45, 7) is -1.64. The lowest BCUT2D eigenvalue weighted by Gasteiger charge is -2.42. The first-order valence-electron chi connectivity index (χ1n) is 6.84. The Morgan fingerprint density at radius 3 is 2.13 bits per heavy atom. The third-order valence-corrected chi connectivity index (χ3v) is 3.53. The molecule has 8 N–H and O–H groups in total. The van der Waals surface area contributed by atoms with Crippen LogP contribution in [0.3, 0.4) is 0 Å². The number of aliphatic hydroxyl groups excluding tert-OH is 8. The number of hydrogen-bond donors (Lipinski definition) is 8. The van der Waals surface area contributed by atoms with Gasteiger partial charge in [0, 0.05) is 0 Å². The molecule has 1 aliphatic rings. The van der Waals surface area contributed by atoms with E-state index in [1.54, 1.807) is 0 Å². The lowest BCUT2D eigenvalue weighted by molar-refractivity contribution is -0.326. The van der Waals surface area contributed by atoms with Gasteiger partial charge in [0.15, 0.2) is 12.6 Å². The minimum atomic E-state index is -1.97. The zero-order valence-electron chi connectivity index (χ0n) is 12.0. The first kappa shape index (κ1) is 20.3. The number of hydrogen-bond acceptors (Lipinski definition) is 11. The van der Waals surface area contributed by atoms with Crippen LogP contribution >= 0.6 is 0 Å². The van der Waals surface area contributed by atoms with E-state index in [9.17, 15) is 35.4 Å². The summed E-state index contributed by atoms with van der Waals surface area (Å²) >= 11 is 0. The fourth-order valence-corrected chi connectivity index (χ4v) is 2.11. The Hall–Kier alpha value is -0.730. The van der Waals surface area contributed by atoms with E-state index in [1.165, 1.54) is 0 Å². The number of ether oxygens (including phenoxy) is 2. The van der Waals surface area contributed by atoms with Crippen molar-refractivity contribution in [2.45, 2.75) is 55.1 Å². The van der Waals surface area contributed by atoms with Crippen LogP contribution in [0.5, 0.6) is 0 Å². The highest BCUT2D eigenvalue weighted by Crippen LogP contribution is 2.24. The molecule has 0 amide bonds. The fraction of sp³-hybridized carbons (Fsp3) is 0.917. The van der Waals surface area contributed by atoms with E-state index in [4.69, 9.17) is 19.7 Å². The highest BCUT2D eigenvalue weighted by atomic mass is 16.7. The Morgan fingerprint density at radius 1 is 1.04 bits per heavy atom. The van der Waals surface area contributed by atoms with Crippen LogP contribution in [0.25, 0.3) is 0 Å². The van der Waals surface area contributed by atoms with Gasteiger partial charge in [-0.25, -0.2) is 0 Å². The van der Waals surface area contributed by atoms with Crippen LogP contribution in [-0.2, 0) is 14.3 Å². The van der Waals surface area contributed by atoms with Gasteiger partial charge in [0.25, 0.3) is 0 Å². The lowest BCUT2D eigenvalue weighted by atomic mass is 9.98. The molecule has 136 valence electrons. The molecule has 1 rings (SSSR count). The van der Waals surface area contributed by atoms with Gasteiger partial charge in [-0.05, 0) is 0 Å². The molecule has 23 heavy (non-hydrogen) atoms. The summed E-state index contributed by atoms with van der Waals surface area (Å²) in [4.78, 5) is 10.5. The molecule has 0 radical (unpaired) electrons. The predicted octanol–water partition coefficient (Wildman–Crippen LogP) is -5.55. The van der Waals surface area contributed by atoms with Crippen LogP contribution in [0, 0.1) is 0 Å². The molecule has 11 nitrogen and oxygen atoms in total. The Bertz CT molecular complexity index is 365. The summed E-state index contributed by atoms with van der Waals surface area (Å²) in [7, 11) is 0. The van der Waals surface area contributed by atoms with Crippen molar-refractivity contribution < 1.29 is 55.1 Å². The van der Waals surface area contributed by atoms with E-state index < -0.39 is 68.3 Å². The second kappa shape index (κ2) is 8.94. The number of aldehydes is 1. The molecule has 0 aromatic heterocycles. The van der Waals surface area contributed by atoms with Crippen molar-refractivity contribution in [2.75, 3.05) is 13.2 Å². The van der Waals surface area contributed by atoms with Crippen LogP contribution in [0.1, 0.15) is 0 Å². The molecule has 0 spiro atoms. The maximum Gasteiger partial charge on any atom is 0.187 e. The van der Waals surface area contributed by atoms with E-state index >= 15 is 0 Å². The van der Waals surface area contributed by atoms with Gasteiger partial charge in [-0.1, -0.05) is 0 Å². The summed E-state index contributed by atoms with van der Waals surface area (Å²) in [5.41, 5.74) is 0. The Labute approximate surface area is 130 Å². The predicted molar refractivity (Wildman–Crippen MR) is 69.8 cm³/mol. The van der Waals surface area contributed by atoms with E-state index in [0.29, 0.717) is 0 Å². The normalized spacial score (nSPS) is 37.0. The highest BCUT2D eigenvalue weighted by molar-refractivity contribution is 5.56. The summed E-state index contributed by atoms with van der Waals surface area (Å²) < 4.78 is 10.1.